The van der Waals surface area contributed by atoms with Gasteiger partial charge in [-0.25, -0.2) is 9.80 Å². The van der Waals surface area contributed by atoms with Crippen LogP contribution in [0.2, 0.25) is 0 Å². The van der Waals surface area contributed by atoms with Gasteiger partial charge >= 0.3 is 22.7 Å². The van der Waals surface area contributed by atoms with E-state index in [2.05, 4.69) is 15.9 Å². The molecule has 2 heterocycles. The first-order chi connectivity index (χ1) is 28.2. The summed E-state index contributed by atoms with van der Waals surface area (Å²) in [7, 11) is 6.68. The summed E-state index contributed by atoms with van der Waals surface area (Å²) in [6, 6.07) is 6.47. The Labute approximate surface area is 346 Å². The van der Waals surface area contributed by atoms with Crippen molar-refractivity contribution in [2.45, 2.75) is 18.8 Å². The van der Waals surface area contributed by atoms with Crippen molar-refractivity contribution in [2.75, 3.05) is 54.9 Å². The van der Waals surface area contributed by atoms with Gasteiger partial charge in [0.25, 0.3) is 0 Å². The third kappa shape index (κ3) is 6.14. The molecular formula is C37H33BrN8O14. The predicted molar refractivity (Wildman–Crippen MR) is 213 cm³/mol. The van der Waals surface area contributed by atoms with E-state index in [9.17, 15) is 64.7 Å². The highest BCUT2D eigenvalue weighted by atomic mass is 79.9. The highest BCUT2D eigenvalue weighted by molar-refractivity contribution is 9.10. The van der Waals surface area contributed by atoms with E-state index in [1.807, 2.05) is 0 Å². The molecule has 22 nitrogen and oxygen atoms in total. The SMILES string of the molecule is COc1cc(Br)cc(C2C3=CCC4C(=O)N(c5cc([N+](=O)[O-])c(N(C)C)c([N+](=O)[O-])c5)C(=O)C4C3CC3C(=O)N(c4cc([N+](=O)[O-])c(N(C)C)c([N+](=O)[O-])c4)C(=O)C32)c1O. The lowest BCUT2D eigenvalue weighted by atomic mass is 9.57. The van der Waals surface area contributed by atoms with Crippen LogP contribution in [0.3, 0.4) is 0 Å². The molecule has 0 aromatic heterocycles. The third-order valence-corrected chi connectivity index (χ3v) is 12.0. The third-order valence-electron chi connectivity index (χ3n) is 11.6. The summed E-state index contributed by atoms with van der Waals surface area (Å²) in [4.78, 5) is 107. The first-order valence-electron chi connectivity index (χ1n) is 18.0. The summed E-state index contributed by atoms with van der Waals surface area (Å²) in [5, 5.41) is 60.4. The number of allylic oxidation sites excluding steroid dienone is 2. The number of anilines is 4. The summed E-state index contributed by atoms with van der Waals surface area (Å²) in [6.45, 7) is 0. The molecule has 3 aromatic carbocycles. The van der Waals surface area contributed by atoms with Gasteiger partial charge in [0, 0.05) is 68.4 Å². The minimum atomic E-state index is -1.35. The predicted octanol–water partition coefficient (Wildman–Crippen LogP) is 4.97. The number of ether oxygens (including phenoxy) is 1. The Morgan fingerprint density at radius 2 is 1.10 bits per heavy atom. The number of amides is 4. The van der Waals surface area contributed by atoms with E-state index < -0.39 is 124 Å². The quantitative estimate of drug-likeness (QED) is 0.122. The Balaban J connectivity index is 1.39. The maximum Gasteiger partial charge on any atom is 0.301 e. The van der Waals surface area contributed by atoms with Crippen LogP contribution in [-0.4, -0.2) is 83.7 Å². The molecule has 1 N–H and O–H groups in total. The number of carbonyl (C=O) groups excluding carboxylic acids is 4. The van der Waals surface area contributed by atoms with E-state index in [1.165, 1.54) is 47.4 Å². The van der Waals surface area contributed by atoms with Gasteiger partial charge in [0.2, 0.25) is 23.6 Å². The molecule has 3 aromatic rings. The maximum absolute atomic E-state index is 14.7. The number of hydrogen-bond acceptors (Lipinski definition) is 16. The van der Waals surface area contributed by atoms with Crippen molar-refractivity contribution < 1.29 is 48.7 Å². The Hall–Kier alpha value is -7.04. The number of benzene rings is 3. The number of nitro groups is 4. The molecule has 3 fully saturated rings. The molecule has 60 heavy (non-hydrogen) atoms. The van der Waals surface area contributed by atoms with Crippen molar-refractivity contribution >= 4 is 85.1 Å². The number of halogens is 1. The number of methoxy groups -OCH3 is 1. The van der Waals surface area contributed by atoms with Crippen molar-refractivity contribution in [2.24, 2.45) is 29.6 Å². The van der Waals surface area contributed by atoms with Crippen LogP contribution in [0.1, 0.15) is 24.3 Å². The number of fused-ring (bicyclic) bond motifs is 4. The van der Waals surface area contributed by atoms with Crippen LogP contribution in [-0.2, 0) is 19.2 Å². The van der Waals surface area contributed by atoms with Gasteiger partial charge in [-0.3, -0.25) is 59.6 Å². The van der Waals surface area contributed by atoms with Crippen LogP contribution in [0, 0.1) is 70.0 Å². The van der Waals surface area contributed by atoms with Gasteiger partial charge in [-0.05, 0) is 30.9 Å². The van der Waals surface area contributed by atoms with Crippen molar-refractivity contribution in [3.05, 3.63) is 98.5 Å². The topological polar surface area (TPSA) is 283 Å². The van der Waals surface area contributed by atoms with Gasteiger partial charge in [-0.1, -0.05) is 27.6 Å². The van der Waals surface area contributed by atoms with E-state index in [4.69, 9.17) is 4.74 Å². The zero-order valence-electron chi connectivity index (χ0n) is 32.1. The fourth-order valence-corrected chi connectivity index (χ4v) is 9.80. The number of carbonyl (C=O) groups is 4. The summed E-state index contributed by atoms with van der Waals surface area (Å²) in [6.07, 6.45) is 1.25. The summed E-state index contributed by atoms with van der Waals surface area (Å²) >= 11 is 3.39. The number of aromatic hydroxyl groups is 1. The molecule has 4 amide bonds. The number of phenols is 1. The van der Waals surface area contributed by atoms with Crippen LogP contribution in [0.15, 0.2) is 52.5 Å². The zero-order valence-corrected chi connectivity index (χ0v) is 33.7. The molecule has 2 aliphatic heterocycles. The number of phenolic OH excluding ortho intramolecular Hbond substituents is 1. The van der Waals surface area contributed by atoms with Gasteiger partial charge in [-0.2, -0.15) is 0 Å². The second-order valence-corrected chi connectivity index (χ2v) is 16.0. The normalized spacial score (nSPS) is 23.1. The van der Waals surface area contributed by atoms with Gasteiger partial charge in [-0.15, -0.1) is 0 Å². The minimum Gasteiger partial charge on any atom is -0.504 e. The molecule has 0 spiro atoms. The Morgan fingerprint density at radius 1 is 0.667 bits per heavy atom. The van der Waals surface area contributed by atoms with Crippen LogP contribution >= 0.6 is 15.9 Å². The molecule has 312 valence electrons. The molecule has 6 atom stereocenters. The Morgan fingerprint density at radius 3 is 1.52 bits per heavy atom. The largest absolute Gasteiger partial charge is 0.504 e. The smallest absolute Gasteiger partial charge is 0.301 e. The Bertz CT molecular complexity index is 2470. The van der Waals surface area contributed by atoms with Crippen LogP contribution in [0.4, 0.5) is 45.5 Å². The summed E-state index contributed by atoms with van der Waals surface area (Å²) in [5.41, 5.74) is -4.22. The highest BCUT2D eigenvalue weighted by Crippen LogP contribution is 2.61. The van der Waals surface area contributed by atoms with Crippen LogP contribution < -0.4 is 24.3 Å². The molecule has 0 bridgehead atoms. The summed E-state index contributed by atoms with van der Waals surface area (Å²) in [5.74, 6) is -11.2. The maximum atomic E-state index is 14.7. The minimum absolute atomic E-state index is 0.0332. The lowest BCUT2D eigenvalue weighted by Crippen LogP contribution is -2.43. The van der Waals surface area contributed by atoms with E-state index in [0.29, 0.717) is 19.8 Å². The molecule has 23 heteroatoms. The molecular weight excluding hydrogens is 860 g/mol. The fourth-order valence-electron chi connectivity index (χ4n) is 9.34. The van der Waals surface area contributed by atoms with Crippen LogP contribution in [0.25, 0.3) is 0 Å². The fraction of sp³-hybridized carbons (Fsp3) is 0.351. The van der Waals surface area contributed by atoms with Gasteiger partial charge in [0.15, 0.2) is 22.9 Å². The molecule has 1 saturated carbocycles. The number of nitrogens with zero attached hydrogens (tertiary/aromatic N) is 8. The van der Waals surface area contributed by atoms with Crippen molar-refractivity contribution in [1.82, 2.24) is 0 Å². The molecule has 2 aliphatic carbocycles. The highest BCUT2D eigenvalue weighted by Gasteiger charge is 2.63. The van der Waals surface area contributed by atoms with Gasteiger partial charge < -0.3 is 19.6 Å². The first-order valence-corrected chi connectivity index (χ1v) is 18.8. The molecule has 4 aliphatic rings. The number of rotatable bonds is 10. The Kier molecular flexibility index (Phi) is 10.0. The number of hydrogen-bond donors (Lipinski definition) is 1. The summed E-state index contributed by atoms with van der Waals surface area (Å²) < 4.78 is 5.76. The standard InChI is InChI=1S/C37H33BrN8O14/c1-39(2)31-23(43(52)53)10-16(11-24(31)44(54)55)41-34(48)19-7-6-18-20(29(19)36(41)50)14-22-30(28(18)21-8-15(38)9-27(60-5)33(21)47)37(51)42(35(22)49)17-12-25(45(56)57)32(40(3)4)26(13-17)46(58)59/h6,8-13,19-20,22,28-30,47H,7,14H2,1-5H3. The molecule has 7 rings (SSSR count). The molecule has 2 saturated heterocycles. The van der Waals surface area contributed by atoms with Crippen molar-refractivity contribution in [3.8, 4) is 11.5 Å². The van der Waals surface area contributed by atoms with E-state index in [-0.39, 0.29) is 29.8 Å². The average molecular weight is 894 g/mol. The van der Waals surface area contributed by atoms with Crippen LogP contribution in [0.5, 0.6) is 11.5 Å². The lowest BCUT2D eigenvalue weighted by Gasteiger charge is -2.44. The second-order valence-electron chi connectivity index (χ2n) is 15.1. The monoisotopic (exact) mass is 892 g/mol. The van der Waals surface area contributed by atoms with Crippen molar-refractivity contribution in [3.63, 3.8) is 0 Å². The van der Waals surface area contributed by atoms with E-state index in [1.54, 1.807) is 6.08 Å². The average Bonchev–Trinajstić information content (AvgIpc) is 3.59. The van der Waals surface area contributed by atoms with E-state index >= 15 is 0 Å². The number of nitro benzene ring substituents is 4. The second kappa shape index (κ2) is 14.7. The first kappa shape index (κ1) is 41.1. The lowest BCUT2D eigenvalue weighted by molar-refractivity contribution is -0.392. The van der Waals surface area contributed by atoms with Gasteiger partial charge in [0.1, 0.15) is 0 Å². The van der Waals surface area contributed by atoms with Gasteiger partial charge in [0.05, 0.1) is 61.8 Å². The van der Waals surface area contributed by atoms with E-state index in [0.717, 1.165) is 34.1 Å². The zero-order chi connectivity index (χ0) is 44.0. The molecule has 6 unspecified atom stereocenters. The van der Waals surface area contributed by atoms with Crippen molar-refractivity contribution in [1.29, 1.82) is 0 Å². The molecule has 0 radical (unpaired) electrons. The number of imide groups is 2.